The van der Waals surface area contributed by atoms with Gasteiger partial charge in [-0.05, 0) is 61.3 Å². The summed E-state index contributed by atoms with van der Waals surface area (Å²) in [5, 5.41) is 0. The number of rotatable bonds is 4. The van der Waals surface area contributed by atoms with Crippen LogP contribution in [-0.4, -0.2) is 24.5 Å². The minimum absolute atomic E-state index is 0.985. The van der Waals surface area contributed by atoms with Crippen molar-refractivity contribution in [2.45, 2.75) is 32.1 Å². The molecule has 0 amide bonds. The molecule has 0 radical (unpaired) electrons. The Balaban J connectivity index is 1.20. The SMILES string of the molecule is C1=C(Cc2ccccc2)CC(CC2C3CC4CC2CN(C4)C3)=C1. The molecule has 2 aliphatic carbocycles. The maximum Gasteiger partial charge on any atom is 0.00129 e. The van der Waals surface area contributed by atoms with E-state index in [1.54, 1.807) is 11.1 Å². The Morgan fingerprint density at radius 1 is 0.870 bits per heavy atom. The van der Waals surface area contributed by atoms with Crippen molar-refractivity contribution < 1.29 is 0 Å². The zero-order chi connectivity index (χ0) is 15.2. The molecule has 1 saturated carbocycles. The lowest BCUT2D eigenvalue weighted by molar-refractivity contribution is -0.0638. The summed E-state index contributed by atoms with van der Waals surface area (Å²) in [4.78, 5) is 2.76. The average molecular weight is 305 g/mol. The maximum absolute atomic E-state index is 2.76. The minimum atomic E-state index is 0.985. The predicted molar refractivity (Wildman–Crippen MR) is 95.2 cm³/mol. The van der Waals surface area contributed by atoms with Crippen molar-refractivity contribution in [1.29, 1.82) is 0 Å². The van der Waals surface area contributed by atoms with Gasteiger partial charge in [0, 0.05) is 19.6 Å². The predicted octanol–water partition coefficient (Wildman–Crippen LogP) is 4.46. The highest BCUT2D eigenvalue weighted by Crippen LogP contribution is 2.49. The second kappa shape index (κ2) is 5.63. The molecule has 1 aromatic rings. The Kier molecular flexibility index (Phi) is 3.44. The third-order valence-corrected chi connectivity index (χ3v) is 6.77. The van der Waals surface area contributed by atoms with E-state index in [0.29, 0.717) is 0 Å². The molecule has 0 aromatic heterocycles. The third kappa shape index (κ3) is 2.70. The highest BCUT2D eigenvalue weighted by Gasteiger charge is 2.47. The van der Waals surface area contributed by atoms with Crippen LogP contribution in [0.1, 0.15) is 31.2 Å². The van der Waals surface area contributed by atoms with Crippen LogP contribution in [0.5, 0.6) is 0 Å². The van der Waals surface area contributed by atoms with Crippen LogP contribution in [0.4, 0.5) is 0 Å². The number of nitrogens with zero attached hydrogens (tertiary/aromatic N) is 1. The fourth-order valence-electron chi connectivity index (χ4n) is 5.91. The van der Waals surface area contributed by atoms with Gasteiger partial charge in [0.25, 0.3) is 0 Å². The highest BCUT2D eigenvalue weighted by molar-refractivity contribution is 5.34. The summed E-state index contributed by atoms with van der Waals surface area (Å²) in [6.07, 6.45) is 11.6. The average Bonchev–Trinajstić information content (AvgIpc) is 2.98. The summed E-state index contributed by atoms with van der Waals surface area (Å²) < 4.78 is 0. The summed E-state index contributed by atoms with van der Waals surface area (Å²) in [6, 6.07) is 10.9. The molecule has 1 heteroatoms. The topological polar surface area (TPSA) is 3.24 Å². The second-order valence-electron chi connectivity index (χ2n) is 8.43. The van der Waals surface area contributed by atoms with Gasteiger partial charge in [0.2, 0.25) is 0 Å². The third-order valence-electron chi connectivity index (χ3n) is 6.77. The maximum atomic E-state index is 2.76. The quantitative estimate of drug-likeness (QED) is 0.793. The summed E-state index contributed by atoms with van der Waals surface area (Å²) >= 11 is 0. The first-order chi connectivity index (χ1) is 11.3. The van der Waals surface area contributed by atoms with Gasteiger partial charge in [0.1, 0.15) is 0 Å². The van der Waals surface area contributed by atoms with Gasteiger partial charge < -0.3 is 4.90 Å². The van der Waals surface area contributed by atoms with E-state index >= 15 is 0 Å². The van der Waals surface area contributed by atoms with E-state index in [1.807, 2.05) is 0 Å². The van der Waals surface area contributed by atoms with Crippen molar-refractivity contribution in [3.8, 4) is 0 Å². The van der Waals surface area contributed by atoms with Crippen LogP contribution in [0.3, 0.4) is 0 Å². The van der Waals surface area contributed by atoms with Crippen molar-refractivity contribution >= 4 is 0 Å². The largest absolute Gasteiger partial charge is 0.302 e. The fraction of sp³-hybridized carbons (Fsp3) is 0.545. The number of hydrogen-bond donors (Lipinski definition) is 0. The molecular weight excluding hydrogens is 278 g/mol. The number of piperidine rings is 3. The summed E-state index contributed by atoms with van der Waals surface area (Å²) in [7, 11) is 0. The van der Waals surface area contributed by atoms with Crippen LogP contribution in [0.15, 0.2) is 53.6 Å². The monoisotopic (exact) mass is 305 g/mol. The van der Waals surface area contributed by atoms with Gasteiger partial charge in [-0.2, -0.15) is 0 Å². The Hall–Kier alpha value is -1.34. The molecule has 4 fully saturated rings. The van der Waals surface area contributed by atoms with Gasteiger partial charge in [0.15, 0.2) is 0 Å². The standard InChI is InChI=1S/C22H27N/c1-2-4-16(5-3-1)8-17-6-7-18(9-17)12-22-20-10-19-11-21(22)15-23(13-19)14-20/h1-7,19-22H,8-15H2. The van der Waals surface area contributed by atoms with E-state index < -0.39 is 0 Å². The van der Waals surface area contributed by atoms with Gasteiger partial charge >= 0.3 is 0 Å². The van der Waals surface area contributed by atoms with Crippen molar-refractivity contribution in [1.82, 2.24) is 4.90 Å². The van der Waals surface area contributed by atoms with Crippen LogP contribution in [0, 0.1) is 23.7 Å². The van der Waals surface area contributed by atoms with Crippen molar-refractivity contribution in [3.63, 3.8) is 0 Å². The first kappa shape index (κ1) is 14.0. The van der Waals surface area contributed by atoms with Crippen LogP contribution >= 0.6 is 0 Å². The van der Waals surface area contributed by atoms with Gasteiger partial charge in [-0.1, -0.05) is 53.6 Å². The smallest absolute Gasteiger partial charge is 0.00129 e. The summed E-state index contributed by atoms with van der Waals surface area (Å²) in [5.74, 6) is 4.02. The molecule has 1 nitrogen and oxygen atoms in total. The van der Waals surface area contributed by atoms with Gasteiger partial charge in [-0.25, -0.2) is 0 Å². The fourth-order valence-corrected chi connectivity index (χ4v) is 5.91. The van der Waals surface area contributed by atoms with Crippen molar-refractivity contribution in [2.75, 3.05) is 19.6 Å². The molecule has 3 saturated heterocycles. The van der Waals surface area contributed by atoms with E-state index in [-0.39, 0.29) is 0 Å². The lowest BCUT2D eigenvalue weighted by Crippen LogP contribution is -2.57. The lowest BCUT2D eigenvalue weighted by Gasteiger charge is -2.56. The van der Waals surface area contributed by atoms with Gasteiger partial charge in [-0.3, -0.25) is 0 Å². The molecule has 0 N–H and O–H groups in total. The molecule has 4 bridgehead atoms. The minimum Gasteiger partial charge on any atom is -0.302 e. The normalized spacial score (nSPS) is 37.8. The number of hydrogen-bond acceptors (Lipinski definition) is 1. The number of benzene rings is 1. The molecule has 1 aromatic carbocycles. The summed E-state index contributed by atoms with van der Waals surface area (Å²) in [6.45, 7) is 4.20. The highest BCUT2D eigenvalue weighted by atomic mass is 15.2. The Morgan fingerprint density at radius 2 is 1.61 bits per heavy atom. The summed E-state index contributed by atoms with van der Waals surface area (Å²) in [5.41, 5.74) is 4.78. The van der Waals surface area contributed by atoms with Gasteiger partial charge in [-0.15, -0.1) is 0 Å². The molecule has 6 rings (SSSR count). The molecule has 120 valence electrons. The molecule has 23 heavy (non-hydrogen) atoms. The molecular formula is C22H27N. The van der Waals surface area contributed by atoms with Crippen molar-refractivity contribution in [2.24, 2.45) is 23.7 Å². The van der Waals surface area contributed by atoms with Crippen molar-refractivity contribution in [3.05, 3.63) is 59.2 Å². The van der Waals surface area contributed by atoms with Crippen LogP contribution in [-0.2, 0) is 6.42 Å². The van der Waals surface area contributed by atoms with E-state index in [2.05, 4.69) is 47.4 Å². The molecule has 5 aliphatic rings. The Bertz CT molecular complexity index is 611. The van der Waals surface area contributed by atoms with E-state index in [1.165, 1.54) is 50.9 Å². The Morgan fingerprint density at radius 3 is 2.35 bits per heavy atom. The van der Waals surface area contributed by atoms with E-state index in [4.69, 9.17) is 0 Å². The second-order valence-corrected chi connectivity index (χ2v) is 8.43. The van der Waals surface area contributed by atoms with Gasteiger partial charge in [0.05, 0.1) is 0 Å². The number of allylic oxidation sites excluding steroid dienone is 4. The molecule has 3 heterocycles. The van der Waals surface area contributed by atoms with E-state index in [9.17, 15) is 0 Å². The lowest BCUT2D eigenvalue weighted by atomic mass is 9.60. The zero-order valence-corrected chi connectivity index (χ0v) is 14.0. The van der Waals surface area contributed by atoms with Crippen LogP contribution < -0.4 is 0 Å². The first-order valence-electron chi connectivity index (χ1n) is 9.47. The molecule has 2 unspecified atom stereocenters. The molecule has 0 spiro atoms. The first-order valence-corrected chi connectivity index (χ1v) is 9.47. The molecule has 2 atom stereocenters. The Labute approximate surface area is 140 Å². The van der Waals surface area contributed by atoms with Crippen LogP contribution in [0.2, 0.25) is 0 Å². The molecule has 3 aliphatic heterocycles. The zero-order valence-electron chi connectivity index (χ0n) is 14.0. The van der Waals surface area contributed by atoms with Crippen LogP contribution in [0.25, 0.3) is 0 Å². The van der Waals surface area contributed by atoms with E-state index in [0.717, 1.165) is 30.1 Å².